The molecule has 1 aromatic rings. The Hall–Kier alpha value is -1.35. The van der Waals surface area contributed by atoms with Gasteiger partial charge in [-0.2, -0.15) is 0 Å². The summed E-state index contributed by atoms with van der Waals surface area (Å²) < 4.78 is 0. The average Bonchev–Trinajstić information content (AvgIpc) is 2.53. The van der Waals surface area contributed by atoms with E-state index in [9.17, 15) is 4.79 Å². The number of hydrogen-bond donors (Lipinski definition) is 2. The van der Waals surface area contributed by atoms with Crippen LogP contribution < -0.4 is 10.6 Å². The van der Waals surface area contributed by atoms with Gasteiger partial charge in [0.2, 0.25) is 5.91 Å². The summed E-state index contributed by atoms with van der Waals surface area (Å²) in [4.78, 5) is 12.2. The molecule has 3 nitrogen and oxygen atoms in total. The predicted molar refractivity (Wildman–Crippen MR) is 73.5 cm³/mol. The molecule has 1 atom stereocenters. The Kier molecular flexibility index (Phi) is 3.71. The van der Waals surface area contributed by atoms with Crippen LogP contribution in [-0.4, -0.2) is 19.0 Å². The molecule has 1 heterocycles. The Morgan fingerprint density at radius 1 is 1.17 bits per heavy atom. The van der Waals surface area contributed by atoms with Gasteiger partial charge in [-0.1, -0.05) is 38.1 Å². The fourth-order valence-corrected chi connectivity index (χ4v) is 2.32. The molecule has 1 amide bonds. The van der Waals surface area contributed by atoms with E-state index in [0.29, 0.717) is 5.92 Å². The van der Waals surface area contributed by atoms with Gasteiger partial charge in [0.25, 0.3) is 0 Å². The highest BCUT2D eigenvalue weighted by Crippen LogP contribution is 2.24. The van der Waals surface area contributed by atoms with E-state index in [1.54, 1.807) is 0 Å². The fourth-order valence-electron chi connectivity index (χ4n) is 2.32. The lowest BCUT2D eigenvalue weighted by Gasteiger charge is -2.28. The van der Waals surface area contributed by atoms with E-state index in [0.717, 1.165) is 25.1 Å². The standard InChI is InChI=1S/C15H22N2O/c1-11(2)12-5-7-13(8-6-12)15(3)14(18)16-9-4-10-17-15/h5-8,11,17H,4,9-10H2,1-3H3,(H,16,18). The minimum absolute atomic E-state index is 0.0669. The molecule has 2 rings (SSSR count). The Morgan fingerprint density at radius 2 is 1.83 bits per heavy atom. The lowest BCUT2D eigenvalue weighted by Crippen LogP contribution is -2.49. The first-order valence-corrected chi connectivity index (χ1v) is 6.68. The monoisotopic (exact) mass is 246 g/mol. The van der Waals surface area contributed by atoms with Crippen LogP contribution in [-0.2, 0) is 10.3 Å². The maximum absolute atomic E-state index is 12.2. The highest BCUT2D eigenvalue weighted by molar-refractivity contribution is 5.87. The molecule has 18 heavy (non-hydrogen) atoms. The first-order valence-electron chi connectivity index (χ1n) is 6.68. The molecule has 0 spiro atoms. The van der Waals surface area contributed by atoms with Gasteiger partial charge < -0.3 is 5.32 Å². The quantitative estimate of drug-likeness (QED) is 0.839. The van der Waals surface area contributed by atoms with Crippen LogP contribution in [0.25, 0.3) is 0 Å². The van der Waals surface area contributed by atoms with Crippen LogP contribution >= 0.6 is 0 Å². The van der Waals surface area contributed by atoms with Crippen molar-refractivity contribution in [2.24, 2.45) is 0 Å². The molecule has 1 aromatic carbocycles. The number of carbonyl (C=O) groups excluding carboxylic acids is 1. The minimum Gasteiger partial charge on any atom is -0.354 e. The smallest absolute Gasteiger partial charge is 0.244 e. The number of rotatable bonds is 2. The summed E-state index contributed by atoms with van der Waals surface area (Å²) in [6.07, 6.45) is 0.978. The van der Waals surface area contributed by atoms with Gasteiger partial charge in [-0.15, -0.1) is 0 Å². The van der Waals surface area contributed by atoms with E-state index >= 15 is 0 Å². The molecular formula is C15H22N2O. The van der Waals surface area contributed by atoms with Crippen molar-refractivity contribution in [3.05, 3.63) is 35.4 Å². The molecule has 0 aliphatic carbocycles. The number of nitrogens with one attached hydrogen (secondary N) is 2. The first-order chi connectivity index (χ1) is 8.54. The van der Waals surface area contributed by atoms with E-state index in [-0.39, 0.29) is 5.91 Å². The van der Waals surface area contributed by atoms with Gasteiger partial charge in [-0.05, 0) is 36.9 Å². The van der Waals surface area contributed by atoms with Crippen molar-refractivity contribution in [1.29, 1.82) is 0 Å². The van der Waals surface area contributed by atoms with E-state index in [4.69, 9.17) is 0 Å². The molecule has 1 aliphatic rings. The van der Waals surface area contributed by atoms with Gasteiger partial charge in [0, 0.05) is 6.54 Å². The van der Waals surface area contributed by atoms with E-state index < -0.39 is 5.54 Å². The van der Waals surface area contributed by atoms with Crippen molar-refractivity contribution in [3.8, 4) is 0 Å². The Morgan fingerprint density at radius 3 is 2.44 bits per heavy atom. The van der Waals surface area contributed by atoms with Gasteiger partial charge in [-0.25, -0.2) is 0 Å². The molecular weight excluding hydrogens is 224 g/mol. The Bertz CT molecular complexity index is 425. The van der Waals surface area contributed by atoms with Crippen molar-refractivity contribution in [3.63, 3.8) is 0 Å². The summed E-state index contributed by atoms with van der Waals surface area (Å²) in [6.45, 7) is 7.92. The highest BCUT2D eigenvalue weighted by atomic mass is 16.2. The molecule has 1 aliphatic heterocycles. The third-order valence-corrected chi connectivity index (χ3v) is 3.73. The average molecular weight is 246 g/mol. The second kappa shape index (κ2) is 5.11. The van der Waals surface area contributed by atoms with Crippen LogP contribution in [0.5, 0.6) is 0 Å². The molecule has 2 N–H and O–H groups in total. The minimum atomic E-state index is -0.605. The molecule has 1 fully saturated rings. The van der Waals surface area contributed by atoms with Crippen LogP contribution in [0.4, 0.5) is 0 Å². The predicted octanol–water partition coefficient (Wildman–Crippen LogP) is 2.13. The van der Waals surface area contributed by atoms with Gasteiger partial charge in [-0.3, -0.25) is 10.1 Å². The van der Waals surface area contributed by atoms with Crippen molar-refractivity contribution < 1.29 is 4.79 Å². The summed E-state index contributed by atoms with van der Waals surface area (Å²) >= 11 is 0. The zero-order valence-electron chi connectivity index (χ0n) is 11.4. The molecule has 0 bridgehead atoms. The maximum Gasteiger partial charge on any atom is 0.244 e. The maximum atomic E-state index is 12.2. The molecule has 0 radical (unpaired) electrons. The van der Waals surface area contributed by atoms with Gasteiger partial charge in [0.15, 0.2) is 0 Å². The summed E-state index contributed by atoms with van der Waals surface area (Å²) in [6, 6.07) is 8.36. The second-order valence-electron chi connectivity index (χ2n) is 5.44. The normalized spacial score (nSPS) is 24.8. The van der Waals surface area contributed by atoms with Crippen LogP contribution in [0, 0.1) is 0 Å². The lowest BCUT2D eigenvalue weighted by molar-refractivity contribution is -0.126. The van der Waals surface area contributed by atoms with E-state index in [2.05, 4.69) is 48.7 Å². The van der Waals surface area contributed by atoms with Gasteiger partial charge >= 0.3 is 0 Å². The molecule has 3 heteroatoms. The van der Waals surface area contributed by atoms with Gasteiger partial charge in [0.1, 0.15) is 5.54 Å². The van der Waals surface area contributed by atoms with Crippen molar-refractivity contribution in [1.82, 2.24) is 10.6 Å². The van der Waals surface area contributed by atoms with Crippen molar-refractivity contribution in [2.45, 2.75) is 38.6 Å². The van der Waals surface area contributed by atoms with E-state index in [1.807, 2.05) is 6.92 Å². The van der Waals surface area contributed by atoms with Gasteiger partial charge in [0.05, 0.1) is 0 Å². The van der Waals surface area contributed by atoms with Crippen molar-refractivity contribution >= 4 is 5.91 Å². The van der Waals surface area contributed by atoms with Crippen LogP contribution in [0.3, 0.4) is 0 Å². The Balaban J connectivity index is 2.30. The fraction of sp³-hybridized carbons (Fsp3) is 0.533. The summed E-state index contributed by atoms with van der Waals surface area (Å²) in [5, 5.41) is 6.33. The first kappa shape index (κ1) is 13.1. The molecule has 98 valence electrons. The molecule has 0 saturated carbocycles. The largest absolute Gasteiger partial charge is 0.354 e. The van der Waals surface area contributed by atoms with Crippen LogP contribution in [0.15, 0.2) is 24.3 Å². The number of hydrogen-bond acceptors (Lipinski definition) is 2. The Labute approximate surface area is 109 Å². The highest BCUT2D eigenvalue weighted by Gasteiger charge is 2.35. The number of amides is 1. The van der Waals surface area contributed by atoms with Crippen molar-refractivity contribution in [2.75, 3.05) is 13.1 Å². The molecule has 0 aromatic heterocycles. The zero-order valence-corrected chi connectivity index (χ0v) is 11.4. The zero-order chi connectivity index (χ0) is 13.2. The SMILES string of the molecule is CC(C)c1ccc(C2(C)NCCCNC2=O)cc1. The number of carbonyl (C=O) groups is 1. The summed E-state index contributed by atoms with van der Waals surface area (Å²) in [7, 11) is 0. The third-order valence-electron chi connectivity index (χ3n) is 3.73. The second-order valence-corrected chi connectivity index (χ2v) is 5.44. The van der Waals surface area contributed by atoms with E-state index in [1.165, 1.54) is 5.56 Å². The summed E-state index contributed by atoms with van der Waals surface area (Å²) in [5.41, 5.74) is 1.73. The summed E-state index contributed by atoms with van der Waals surface area (Å²) in [5.74, 6) is 0.583. The number of benzene rings is 1. The molecule has 1 unspecified atom stereocenters. The van der Waals surface area contributed by atoms with Crippen LogP contribution in [0.1, 0.15) is 44.2 Å². The third kappa shape index (κ3) is 2.41. The van der Waals surface area contributed by atoms with Crippen LogP contribution in [0.2, 0.25) is 0 Å². The topological polar surface area (TPSA) is 41.1 Å². The molecule has 1 saturated heterocycles. The lowest BCUT2D eigenvalue weighted by atomic mass is 9.89.